The van der Waals surface area contributed by atoms with E-state index in [4.69, 9.17) is 9.47 Å². The van der Waals surface area contributed by atoms with Gasteiger partial charge in [0.15, 0.2) is 18.1 Å². The Hall–Kier alpha value is -2.53. The number of amides is 1. The van der Waals surface area contributed by atoms with Gasteiger partial charge in [0.2, 0.25) is 0 Å². The second-order valence-corrected chi connectivity index (χ2v) is 8.67. The first-order valence-electron chi connectivity index (χ1n) is 10.7. The summed E-state index contributed by atoms with van der Waals surface area (Å²) in [5.74, 6) is 1.06. The molecule has 2 rings (SSSR count). The molecule has 2 N–H and O–H groups in total. The van der Waals surface area contributed by atoms with E-state index < -0.39 is 0 Å². The molecule has 0 aliphatic carbocycles. The van der Waals surface area contributed by atoms with Crippen molar-refractivity contribution in [1.29, 1.82) is 0 Å². The lowest BCUT2D eigenvalue weighted by Gasteiger charge is -2.28. The Balaban J connectivity index is 1.95. The minimum absolute atomic E-state index is 0.0596. The van der Waals surface area contributed by atoms with E-state index in [-0.39, 0.29) is 24.0 Å². The number of hydrogen-bond acceptors (Lipinski definition) is 4. The highest BCUT2D eigenvalue weighted by Gasteiger charge is 2.19. The van der Waals surface area contributed by atoms with E-state index in [9.17, 15) is 4.79 Å². The number of benzene rings is 2. The van der Waals surface area contributed by atoms with Crippen molar-refractivity contribution in [1.82, 2.24) is 10.6 Å². The van der Waals surface area contributed by atoms with Gasteiger partial charge in [0.05, 0.1) is 12.6 Å². The minimum Gasteiger partial charge on any atom is -0.490 e. The number of carbonyl (C=O) groups excluding carboxylic acids is 1. The van der Waals surface area contributed by atoms with Gasteiger partial charge in [-0.25, -0.2) is 0 Å². The number of rotatable bonds is 10. The third-order valence-electron chi connectivity index (χ3n) is 5.26. The molecule has 0 radical (unpaired) electrons. The number of hydrogen-bond donors (Lipinski definition) is 2. The summed E-state index contributed by atoms with van der Waals surface area (Å²) in [6.45, 7) is 14.0. The van der Waals surface area contributed by atoms with Crippen LogP contribution in [0.15, 0.2) is 48.5 Å². The molecule has 0 saturated heterocycles. The maximum absolute atomic E-state index is 12.3. The topological polar surface area (TPSA) is 59.6 Å². The fourth-order valence-corrected chi connectivity index (χ4v) is 2.88. The van der Waals surface area contributed by atoms with Crippen LogP contribution >= 0.6 is 0 Å². The molecule has 0 unspecified atom stereocenters. The third kappa shape index (κ3) is 7.38. The first-order valence-corrected chi connectivity index (χ1v) is 10.7. The van der Waals surface area contributed by atoms with Crippen LogP contribution in [-0.4, -0.2) is 25.2 Å². The van der Waals surface area contributed by atoms with Crippen molar-refractivity contribution in [3.8, 4) is 11.5 Å². The zero-order valence-electron chi connectivity index (χ0n) is 19.1. The van der Waals surface area contributed by atoms with Crippen molar-refractivity contribution >= 4 is 5.91 Å². The van der Waals surface area contributed by atoms with E-state index in [1.807, 2.05) is 62.4 Å². The lowest BCUT2D eigenvalue weighted by molar-refractivity contribution is -0.123. The van der Waals surface area contributed by atoms with Crippen molar-refractivity contribution in [2.24, 2.45) is 5.41 Å². The van der Waals surface area contributed by atoms with Gasteiger partial charge in [-0.1, -0.05) is 57.2 Å². The minimum atomic E-state index is -0.168. The highest BCUT2D eigenvalue weighted by atomic mass is 16.5. The summed E-state index contributed by atoms with van der Waals surface area (Å²) < 4.78 is 11.5. The van der Waals surface area contributed by atoms with Crippen LogP contribution in [0.1, 0.15) is 58.7 Å². The second-order valence-electron chi connectivity index (χ2n) is 8.67. The maximum Gasteiger partial charge on any atom is 0.258 e. The molecule has 0 bridgehead atoms. The lowest BCUT2D eigenvalue weighted by atomic mass is 9.88. The molecule has 30 heavy (non-hydrogen) atoms. The zero-order chi connectivity index (χ0) is 22.1. The number of carbonyl (C=O) groups is 1. The van der Waals surface area contributed by atoms with E-state index in [2.05, 4.69) is 38.3 Å². The summed E-state index contributed by atoms with van der Waals surface area (Å²) in [7, 11) is 0. The average molecular weight is 413 g/mol. The molecule has 0 aromatic heterocycles. The molecule has 2 aromatic carbocycles. The zero-order valence-corrected chi connectivity index (χ0v) is 19.1. The first kappa shape index (κ1) is 23.7. The molecule has 0 saturated carbocycles. The summed E-state index contributed by atoms with van der Waals surface area (Å²) in [5.41, 5.74) is 2.36. The molecule has 2 aromatic rings. The maximum atomic E-state index is 12.3. The Morgan fingerprint density at radius 3 is 2.33 bits per heavy atom. The Labute approximate surface area is 181 Å². The number of nitrogens with one attached hydrogen (secondary N) is 2. The van der Waals surface area contributed by atoms with Crippen LogP contribution in [0.5, 0.6) is 11.5 Å². The normalized spacial score (nSPS) is 13.4. The molecular weight excluding hydrogens is 376 g/mol. The van der Waals surface area contributed by atoms with Gasteiger partial charge in [0.25, 0.3) is 5.91 Å². The third-order valence-corrected chi connectivity index (χ3v) is 5.26. The van der Waals surface area contributed by atoms with Gasteiger partial charge >= 0.3 is 0 Å². The van der Waals surface area contributed by atoms with Crippen molar-refractivity contribution in [2.45, 2.75) is 60.2 Å². The van der Waals surface area contributed by atoms with Crippen LogP contribution in [-0.2, 0) is 11.3 Å². The fourth-order valence-electron chi connectivity index (χ4n) is 2.88. The molecule has 5 heteroatoms. The molecule has 0 spiro atoms. The van der Waals surface area contributed by atoms with Crippen LogP contribution in [0.25, 0.3) is 0 Å². The fraction of sp³-hybridized carbons (Fsp3) is 0.480. The van der Waals surface area contributed by atoms with Crippen LogP contribution in [0.4, 0.5) is 0 Å². The molecule has 164 valence electrons. The van der Waals surface area contributed by atoms with Crippen molar-refractivity contribution in [2.75, 3.05) is 13.2 Å². The Kier molecular flexibility index (Phi) is 8.72. The van der Waals surface area contributed by atoms with Gasteiger partial charge < -0.3 is 20.1 Å². The Bertz CT molecular complexity index is 800. The standard InChI is InChI=1S/C25H36N2O3/c1-7-29-23-15-20(16-26-19(3)25(4,5)6)13-14-22(23)30-17-24(28)27-18(2)21-11-9-8-10-12-21/h8-15,18-19,26H,7,16-17H2,1-6H3,(H,27,28)/t18-,19+/m0/s1. The summed E-state index contributed by atoms with van der Waals surface area (Å²) in [6.07, 6.45) is 0. The van der Waals surface area contributed by atoms with E-state index >= 15 is 0 Å². The molecular formula is C25H36N2O3. The van der Waals surface area contributed by atoms with Crippen molar-refractivity contribution in [3.63, 3.8) is 0 Å². The average Bonchev–Trinajstić information content (AvgIpc) is 2.71. The molecule has 0 aliphatic heterocycles. The van der Waals surface area contributed by atoms with Gasteiger partial charge in [-0.3, -0.25) is 4.79 Å². The van der Waals surface area contributed by atoms with Gasteiger partial charge in [0, 0.05) is 12.6 Å². The molecule has 0 heterocycles. The van der Waals surface area contributed by atoms with Crippen LogP contribution in [0.2, 0.25) is 0 Å². The van der Waals surface area contributed by atoms with E-state index in [0.29, 0.717) is 24.1 Å². The van der Waals surface area contributed by atoms with Gasteiger partial charge in [-0.2, -0.15) is 0 Å². The predicted octanol–water partition coefficient (Wildman–Crippen LogP) is 4.87. The van der Waals surface area contributed by atoms with Gasteiger partial charge in [-0.05, 0) is 49.4 Å². The quantitative estimate of drug-likeness (QED) is 0.585. The van der Waals surface area contributed by atoms with E-state index in [0.717, 1.165) is 17.7 Å². The Morgan fingerprint density at radius 1 is 1.00 bits per heavy atom. The largest absolute Gasteiger partial charge is 0.490 e. The predicted molar refractivity (Wildman–Crippen MR) is 122 cm³/mol. The second kappa shape index (κ2) is 11.0. The molecule has 0 fully saturated rings. The van der Waals surface area contributed by atoms with Crippen molar-refractivity contribution < 1.29 is 14.3 Å². The Morgan fingerprint density at radius 2 is 1.70 bits per heavy atom. The highest BCUT2D eigenvalue weighted by Crippen LogP contribution is 2.29. The highest BCUT2D eigenvalue weighted by molar-refractivity contribution is 5.78. The smallest absolute Gasteiger partial charge is 0.258 e. The first-order chi connectivity index (χ1) is 14.2. The van der Waals surface area contributed by atoms with Crippen LogP contribution in [0, 0.1) is 5.41 Å². The summed E-state index contributed by atoms with van der Waals surface area (Å²) in [5, 5.41) is 6.52. The summed E-state index contributed by atoms with van der Waals surface area (Å²) in [4.78, 5) is 12.3. The van der Waals surface area contributed by atoms with Gasteiger partial charge in [-0.15, -0.1) is 0 Å². The van der Waals surface area contributed by atoms with Crippen molar-refractivity contribution in [3.05, 3.63) is 59.7 Å². The summed E-state index contributed by atoms with van der Waals surface area (Å²) >= 11 is 0. The molecule has 1 amide bonds. The molecule has 5 nitrogen and oxygen atoms in total. The van der Waals surface area contributed by atoms with Crippen LogP contribution in [0.3, 0.4) is 0 Å². The van der Waals surface area contributed by atoms with Gasteiger partial charge in [0.1, 0.15) is 0 Å². The monoisotopic (exact) mass is 412 g/mol. The molecule has 2 atom stereocenters. The molecule has 0 aliphatic rings. The van der Waals surface area contributed by atoms with E-state index in [1.165, 1.54) is 0 Å². The van der Waals surface area contributed by atoms with E-state index in [1.54, 1.807) is 0 Å². The summed E-state index contributed by atoms with van der Waals surface area (Å²) in [6, 6.07) is 16.0. The number of ether oxygens (including phenoxy) is 2. The van der Waals surface area contributed by atoms with Crippen LogP contribution < -0.4 is 20.1 Å². The lowest BCUT2D eigenvalue weighted by Crippen LogP contribution is -2.37. The SMILES string of the molecule is CCOc1cc(CN[C@H](C)C(C)(C)C)ccc1OCC(=O)N[C@@H](C)c1ccccc1.